The molecule has 2 bridgehead atoms. The Morgan fingerprint density at radius 3 is 2.64 bits per heavy atom. The fraction of sp³-hybridized carbons (Fsp3) is 0.500. The number of nitrogens with zero attached hydrogens (tertiary/aromatic N) is 6. The number of halogens is 2. The molecule has 0 amide bonds. The maximum absolute atomic E-state index is 13.9. The molecule has 1 unspecified atom stereocenters. The summed E-state index contributed by atoms with van der Waals surface area (Å²) >= 11 is 6.09. The van der Waals surface area contributed by atoms with Gasteiger partial charge < -0.3 is 9.64 Å². The van der Waals surface area contributed by atoms with Crippen LogP contribution in [0.5, 0.6) is 11.8 Å². The molecule has 0 spiro atoms. The molecule has 1 saturated carbocycles. The van der Waals surface area contributed by atoms with E-state index >= 15 is 0 Å². The molecule has 2 aliphatic rings. The van der Waals surface area contributed by atoms with E-state index in [1.54, 1.807) is 23.1 Å². The van der Waals surface area contributed by atoms with Crippen LogP contribution in [0.15, 0.2) is 30.6 Å². The van der Waals surface area contributed by atoms with Crippen molar-refractivity contribution in [1.29, 1.82) is 0 Å². The number of aromatic nitrogens is 5. The molecule has 0 N–H and O–H groups in total. The van der Waals surface area contributed by atoms with Crippen molar-refractivity contribution in [3.05, 3.63) is 53.0 Å². The van der Waals surface area contributed by atoms with Gasteiger partial charge in [-0.15, -0.1) is 0 Å². The van der Waals surface area contributed by atoms with E-state index in [-0.39, 0.29) is 16.8 Å². The minimum absolute atomic E-state index is 0.0492. The molecule has 3 aromatic rings. The van der Waals surface area contributed by atoms with Gasteiger partial charge in [0.25, 0.3) is 0 Å². The lowest BCUT2D eigenvalue weighted by Crippen LogP contribution is -2.43. The van der Waals surface area contributed by atoms with Gasteiger partial charge >= 0.3 is 6.01 Å². The molecule has 7 nitrogen and oxygen atoms in total. The number of hydrogen-bond donors (Lipinski definition) is 0. The molecule has 1 aliphatic carbocycles. The molecule has 174 valence electrons. The number of fused-ring (bicyclic) bond motifs is 2. The zero-order chi connectivity index (χ0) is 23.1. The Kier molecular flexibility index (Phi) is 5.95. The summed E-state index contributed by atoms with van der Waals surface area (Å²) in [6.07, 6.45) is 4.87. The van der Waals surface area contributed by atoms with E-state index in [2.05, 4.69) is 20.9 Å². The van der Waals surface area contributed by atoms with Gasteiger partial charge in [0, 0.05) is 31.3 Å². The minimum Gasteiger partial charge on any atom is -0.423 e. The highest BCUT2D eigenvalue weighted by Gasteiger charge is 2.43. The SMILES string of the molecule is Cc1cc(N2C[C@H]3CC[C@@H](C2)C3Cc2nc(Oc3cccc(F)c3Cl)n(C(C)C)n2)ncn1. The molecule has 3 atom stereocenters. The summed E-state index contributed by atoms with van der Waals surface area (Å²) in [4.78, 5) is 15.8. The van der Waals surface area contributed by atoms with Gasteiger partial charge in [0.2, 0.25) is 0 Å². The average Bonchev–Trinajstić information content (AvgIpc) is 3.27. The van der Waals surface area contributed by atoms with E-state index in [1.165, 1.54) is 18.9 Å². The standard InChI is InChI=1S/C24H28ClFN6O/c1-14(2)32-24(33-20-6-4-5-19(26)23(20)25)29-21(30-32)10-18-16-7-8-17(18)12-31(11-16)22-9-15(3)27-13-28-22/h4-6,9,13-14,16-18H,7-8,10-12H2,1-3H3/t16-,17+,18?. The number of aryl methyl sites for hydroxylation is 1. The first-order valence-corrected chi connectivity index (χ1v) is 11.9. The number of anilines is 1. The average molecular weight is 471 g/mol. The monoisotopic (exact) mass is 470 g/mol. The molecule has 33 heavy (non-hydrogen) atoms. The zero-order valence-corrected chi connectivity index (χ0v) is 19.8. The van der Waals surface area contributed by atoms with Crippen molar-refractivity contribution in [3.63, 3.8) is 0 Å². The van der Waals surface area contributed by atoms with Crippen LogP contribution in [0.2, 0.25) is 5.02 Å². The van der Waals surface area contributed by atoms with Gasteiger partial charge in [0.15, 0.2) is 11.6 Å². The van der Waals surface area contributed by atoms with Crippen molar-refractivity contribution in [2.45, 2.75) is 46.1 Å². The lowest BCUT2D eigenvalue weighted by molar-refractivity contribution is 0.264. The second-order valence-electron chi connectivity index (χ2n) is 9.39. The van der Waals surface area contributed by atoms with Crippen LogP contribution in [-0.4, -0.2) is 37.8 Å². The highest BCUT2D eigenvalue weighted by atomic mass is 35.5. The molecule has 5 rings (SSSR count). The molecular weight excluding hydrogens is 443 g/mol. The molecule has 2 fully saturated rings. The summed E-state index contributed by atoms with van der Waals surface area (Å²) in [6, 6.07) is 6.96. The molecule has 3 heterocycles. The number of ether oxygens (including phenoxy) is 1. The van der Waals surface area contributed by atoms with Crippen molar-refractivity contribution in [2.75, 3.05) is 18.0 Å². The Morgan fingerprint density at radius 1 is 1.18 bits per heavy atom. The third kappa shape index (κ3) is 4.40. The van der Waals surface area contributed by atoms with Crippen molar-refractivity contribution in [2.24, 2.45) is 17.8 Å². The first-order chi connectivity index (χ1) is 15.9. The van der Waals surface area contributed by atoms with Gasteiger partial charge in [-0.05, 0) is 63.5 Å². The number of rotatable bonds is 6. The van der Waals surface area contributed by atoms with E-state index in [1.807, 2.05) is 20.8 Å². The highest BCUT2D eigenvalue weighted by molar-refractivity contribution is 6.32. The third-order valence-electron chi connectivity index (χ3n) is 6.81. The Morgan fingerprint density at radius 2 is 1.94 bits per heavy atom. The molecule has 0 radical (unpaired) electrons. The Labute approximate surface area is 198 Å². The van der Waals surface area contributed by atoms with Crippen LogP contribution in [0.25, 0.3) is 0 Å². The summed E-state index contributed by atoms with van der Waals surface area (Å²) in [5.74, 6) is 3.18. The predicted octanol–water partition coefficient (Wildman–Crippen LogP) is 5.25. The van der Waals surface area contributed by atoms with E-state index in [4.69, 9.17) is 26.4 Å². The van der Waals surface area contributed by atoms with Crippen LogP contribution in [0, 0.1) is 30.5 Å². The van der Waals surface area contributed by atoms with E-state index < -0.39 is 5.82 Å². The van der Waals surface area contributed by atoms with Crippen molar-refractivity contribution in [3.8, 4) is 11.8 Å². The van der Waals surface area contributed by atoms with Gasteiger partial charge in [-0.3, -0.25) is 0 Å². The molecular formula is C24H28ClFN6O. The van der Waals surface area contributed by atoms with Crippen molar-refractivity contribution < 1.29 is 9.13 Å². The highest BCUT2D eigenvalue weighted by Crippen LogP contribution is 2.44. The lowest BCUT2D eigenvalue weighted by atomic mass is 9.82. The number of benzene rings is 1. The summed E-state index contributed by atoms with van der Waals surface area (Å²) in [6.45, 7) is 8.02. The van der Waals surface area contributed by atoms with Crippen LogP contribution in [0.4, 0.5) is 10.2 Å². The predicted molar refractivity (Wildman–Crippen MR) is 124 cm³/mol. The topological polar surface area (TPSA) is 69.0 Å². The van der Waals surface area contributed by atoms with E-state index in [0.717, 1.165) is 36.8 Å². The molecule has 1 aliphatic heterocycles. The fourth-order valence-electron chi connectivity index (χ4n) is 5.18. The Balaban J connectivity index is 1.34. The third-order valence-corrected chi connectivity index (χ3v) is 7.18. The smallest absolute Gasteiger partial charge is 0.320 e. The molecule has 9 heteroatoms. The van der Waals surface area contributed by atoms with E-state index in [9.17, 15) is 4.39 Å². The van der Waals surface area contributed by atoms with Gasteiger partial charge in [-0.2, -0.15) is 10.1 Å². The van der Waals surface area contributed by atoms with Gasteiger partial charge in [-0.25, -0.2) is 19.0 Å². The van der Waals surface area contributed by atoms with Crippen LogP contribution in [0.3, 0.4) is 0 Å². The van der Waals surface area contributed by atoms with Gasteiger partial charge in [0.1, 0.15) is 23.0 Å². The lowest BCUT2D eigenvalue weighted by Gasteiger charge is -2.38. The summed E-state index contributed by atoms with van der Waals surface area (Å²) in [7, 11) is 0. The van der Waals surface area contributed by atoms with Crippen LogP contribution >= 0.6 is 11.6 Å². The molecule has 2 aromatic heterocycles. The Bertz CT molecular complexity index is 1140. The first kappa shape index (κ1) is 22.1. The van der Waals surface area contributed by atoms with Crippen molar-refractivity contribution in [1.82, 2.24) is 24.7 Å². The summed E-state index contributed by atoms with van der Waals surface area (Å²) in [5, 5.41) is 4.69. The minimum atomic E-state index is -0.521. The van der Waals surface area contributed by atoms with Gasteiger partial charge in [-0.1, -0.05) is 17.7 Å². The van der Waals surface area contributed by atoms with Crippen LogP contribution < -0.4 is 9.64 Å². The van der Waals surface area contributed by atoms with Crippen LogP contribution in [-0.2, 0) is 6.42 Å². The summed E-state index contributed by atoms with van der Waals surface area (Å²) < 4.78 is 21.5. The summed E-state index contributed by atoms with van der Waals surface area (Å²) in [5.41, 5.74) is 0.990. The fourth-order valence-corrected chi connectivity index (χ4v) is 5.35. The zero-order valence-electron chi connectivity index (χ0n) is 19.1. The van der Waals surface area contributed by atoms with Crippen LogP contribution in [0.1, 0.15) is 44.2 Å². The number of hydrogen-bond acceptors (Lipinski definition) is 6. The van der Waals surface area contributed by atoms with Gasteiger partial charge in [0.05, 0.1) is 6.04 Å². The second kappa shape index (κ2) is 8.89. The second-order valence-corrected chi connectivity index (χ2v) is 9.77. The van der Waals surface area contributed by atoms with Crippen molar-refractivity contribution >= 4 is 17.4 Å². The maximum atomic E-state index is 13.9. The van der Waals surface area contributed by atoms with E-state index in [0.29, 0.717) is 23.8 Å². The number of piperidine rings is 1. The first-order valence-electron chi connectivity index (χ1n) is 11.5. The largest absolute Gasteiger partial charge is 0.423 e. The maximum Gasteiger partial charge on any atom is 0.320 e. The quantitative estimate of drug-likeness (QED) is 0.490. The molecule has 1 aromatic carbocycles. The Hall–Kier alpha value is -2.74. The molecule has 1 saturated heterocycles. The normalized spacial score (nSPS) is 22.2.